The van der Waals surface area contributed by atoms with Crippen LogP contribution in [0.1, 0.15) is 24.4 Å². The number of nitrogens with one attached hydrogen (secondary N) is 2. The second-order valence-corrected chi connectivity index (χ2v) is 6.43. The fourth-order valence-electron chi connectivity index (χ4n) is 2.88. The number of carbonyl (C=O) groups is 1. The summed E-state index contributed by atoms with van der Waals surface area (Å²) in [4.78, 5) is 22.3. The molecule has 1 aliphatic rings. The molecule has 0 radical (unpaired) electrons. The third-order valence-electron chi connectivity index (χ3n) is 4.48. The summed E-state index contributed by atoms with van der Waals surface area (Å²) >= 11 is 0. The molecule has 8 heteroatoms. The average molecular weight is 373 g/mol. The van der Waals surface area contributed by atoms with Crippen molar-refractivity contribution in [3.05, 3.63) is 64.0 Å². The highest BCUT2D eigenvalue weighted by atomic mass is 19.1. The molecule has 2 aromatic carbocycles. The molecule has 0 saturated heterocycles. The van der Waals surface area contributed by atoms with E-state index in [9.17, 15) is 19.3 Å². The Morgan fingerprint density at radius 2 is 2.00 bits per heavy atom. The van der Waals surface area contributed by atoms with Gasteiger partial charge in [0, 0.05) is 11.8 Å². The van der Waals surface area contributed by atoms with Crippen LogP contribution in [-0.4, -0.2) is 24.5 Å². The molecule has 0 spiro atoms. The van der Waals surface area contributed by atoms with Crippen molar-refractivity contribution in [2.45, 2.75) is 18.9 Å². The van der Waals surface area contributed by atoms with Gasteiger partial charge in [-0.1, -0.05) is 12.1 Å². The first-order valence-corrected chi connectivity index (χ1v) is 8.59. The van der Waals surface area contributed by atoms with Gasteiger partial charge in [0.15, 0.2) is 0 Å². The monoisotopic (exact) mass is 373 g/mol. The Labute approximate surface area is 155 Å². The summed E-state index contributed by atoms with van der Waals surface area (Å²) in [6, 6.07) is 10.9. The van der Waals surface area contributed by atoms with E-state index in [0.29, 0.717) is 11.6 Å². The van der Waals surface area contributed by atoms with Crippen molar-refractivity contribution < 1.29 is 18.8 Å². The molecule has 1 aliphatic carbocycles. The van der Waals surface area contributed by atoms with Crippen molar-refractivity contribution in [3.63, 3.8) is 0 Å². The number of methoxy groups -OCH3 is 1. The number of carbonyl (C=O) groups excluding carboxylic acids is 1. The van der Waals surface area contributed by atoms with E-state index in [-0.39, 0.29) is 18.5 Å². The second kappa shape index (κ2) is 8.03. The van der Waals surface area contributed by atoms with Crippen LogP contribution in [0.5, 0.6) is 5.75 Å². The van der Waals surface area contributed by atoms with Crippen molar-refractivity contribution in [2.24, 2.45) is 5.92 Å². The summed E-state index contributed by atoms with van der Waals surface area (Å²) in [5.41, 5.74) is 0.684. The van der Waals surface area contributed by atoms with Crippen molar-refractivity contribution in [3.8, 4) is 5.75 Å². The molecule has 27 heavy (non-hydrogen) atoms. The number of hydrogen-bond acceptors (Lipinski definition) is 5. The normalized spacial score (nSPS) is 14.3. The van der Waals surface area contributed by atoms with Gasteiger partial charge in [-0.3, -0.25) is 14.9 Å². The summed E-state index contributed by atoms with van der Waals surface area (Å²) in [6.07, 6.45) is 2.10. The Bertz CT molecular complexity index is 837. The molecule has 1 amide bonds. The highest BCUT2D eigenvalue weighted by Crippen LogP contribution is 2.41. The van der Waals surface area contributed by atoms with E-state index in [1.807, 2.05) is 24.3 Å². The zero-order chi connectivity index (χ0) is 19.4. The lowest BCUT2D eigenvalue weighted by atomic mass is 10.0. The van der Waals surface area contributed by atoms with E-state index in [0.717, 1.165) is 36.3 Å². The van der Waals surface area contributed by atoms with Gasteiger partial charge in [0.1, 0.15) is 5.75 Å². The minimum absolute atomic E-state index is 0.0673. The zero-order valence-corrected chi connectivity index (χ0v) is 14.8. The molecule has 0 bridgehead atoms. The molecule has 0 aliphatic heterocycles. The Balaban J connectivity index is 1.61. The van der Waals surface area contributed by atoms with Gasteiger partial charge in [0.2, 0.25) is 11.7 Å². The molecule has 7 nitrogen and oxygen atoms in total. The molecule has 3 rings (SSSR count). The van der Waals surface area contributed by atoms with E-state index in [1.54, 1.807) is 7.11 Å². The summed E-state index contributed by atoms with van der Waals surface area (Å²) < 4.78 is 18.5. The summed E-state index contributed by atoms with van der Waals surface area (Å²) in [5.74, 6) is -0.00792. The fraction of sp³-hybridized carbons (Fsp3) is 0.316. The van der Waals surface area contributed by atoms with Gasteiger partial charge in [-0.2, -0.15) is 4.39 Å². The first-order chi connectivity index (χ1) is 13.0. The number of ether oxygens (including phenoxy) is 1. The summed E-state index contributed by atoms with van der Waals surface area (Å²) in [5, 5.41) is 16.6. The Morgan fingerprint density at radius 3 is 2.59 bits per heavy atom. The average Bonchev–Trinajstić information content (AvgIpc) is 3.50. The predicted molar refractivity (Wildman–Crippen MR) is 98.1 cm³/mol. The third-order valence-corrected chi connectivity index (χ3v) is 4.48. The standard InChI is InChI=1S/C19H20FN3O4/c1-27-15-7-4-13(5-8-15)19(12-2-3-12)22-18(24)11-21-14-6-9-16(20)17(10-14)23(25)26/h4-10,12,19,21H,2-3,11H2,1H3,(H,22,24). The van der Waals surface area contributed by atoms with Crippen molar-refractivity contribution in [1.82, 2.24) is 5.32 Å². The maximum absolute atomic E-state index is 13.4. The van der Waals surface area contributed by atoms with Crippen LogP contribution >= 0.6 is 0 Å². The van der Waals surface area contributed by atoms with Crippen molar-refractivity contribution >= 4 is 17.3 Å². The summed E-state index contributed by atoms with van der Waals surface area (Å²) in [7, 11) is 1.60. The van der Waals surface area contributed by atoms with Gasteiger partial charge in [-0.05, 0) is 48.6 Å². The number of nitrogens with zero attached hydrogens (tertiary/aromatic N) is 1. The topological polar surface area (TPSA) is 93.5 Å². The van der Waals surface area contributed by atoms with Gasteiger partial charge in [0.05, 0.1) is 24.6 Å². The van der Waals surface area contributed by atoms with Crippen LogP contribution in [0.2, 0.25) is 0 Å². The minimum atomic E-state index is -0.914. The number of rotatable bonds is 8. The maximum Gasteiger partial charge on any atom is 0.306 e. The van der Waals surface area contributed by atoms with Gasteiger partial charge in [-0.25, -0.2) is 0 Å². The molecule has 0 aromatic heterocycles. The second-order valence-electron chi connectivity index (χ2n) is 6.43. The maximum atomic E-state index is 13.4. The predicted octanol–water partition coefficient (Wildman–Crippen LogP) is 3.42. The molecule has 0 heterocycles. The molecule has 142 valence electrons. The number of hydrogen-bond donors (Lipinski definition) is 2. The minimum Gasteiger partial charge on any atom is -0.497 e. The van der Waals surface area contributed by atoms with Gasteiger partial charge >= 0.3 is 5.69 Å². The molecule has 1 saturated carbocycles. The number of nitro benzene ring substituents is 1. The van der Waals surface area contributed by atoms with E-state index in [1.165, 1.54) is 6.07 Å². The number of nitro groups is 1. The number of halogens is 1. The molecule has 1 fully saturated rings. The number of amides is 1. The summed E-state index contributed by atoms with van der Waals surface area (Å²) in [6.45, 7) is -0.0673. The quantitative estimate of drug-likeness (QED) is 0.546. The first-order valence-electron chi connectivity index (χ1n) is 8.59. The van der Waals surface area contributed by atoms with Gasteiger partial charge in [-0.15, -0.1) is 0 Å². The Hall–Kier alpha value is -3.16. The first kappa shape index (κ1) is 18.6. The van der Waals surface area contributed by atoms with E-state index >= 15 is 0 Å². The number of benzene rings is 2. The molecule has 2 aromatic rings. The lowest BCUT2D eigenvalue weighted by Crippen LogP contribution is -2.34. The Morgan fingerprint density at radius 1 is 1.30 bits per heavy atom. The van der Waals surface area contributed by atoms with E-state index in [2.05, 4.69) is 10.6 Å². The van der Waals surface area contributed by atoms with Crippen LogP contribution in [0.15, 0.2) is 42.5 Å². The van der Waals surface area contributed by atoms with E-state index < -0.39 is 16.4 Å². The van der Waals surface area contributed by atoms with Gasteiger partial charge in [0.25, 0.3) is 0 Å². The van der Waals surface area contributed by atoms with Crippen LogP contribution < -0.4 is 15.4 Å². The Kier molecular flexibility index (Phi) is 5.54. The van der Waals surface area contributed by atoms with Crippen molar-refractivity contribution in [1.29, 1.82) is 0 Å². The van der Waals surface area contributed by atoms with Crippen molar-refractivity contribution in [2.75, 3.05) is 19.0 Å². The SMILES string of the molecule is COc1ccc(C(NC(=O)CNc2ccc(F)c([N+](=O)[O-])c2)C2CC2)cc1. The third kappa shape index (κ3) is 4.72. The highest BCUT2D eigenvalue weighted by molar-refractivity contribution is 5.81. The lowest BCUT2D eigenvalue weighted by molar-refractivity contribution is -0.387. The van der Waals surface area contributed by atoms with Crippen LogP contribution in [0.4, 0.5) is 15.8 Å². The molecule has 1 unspecified atom stereocenters. The largest absolute Gasteiger partial charge is 0.497 e. The van der Waals surface area contributed by atoms with Crippen LogP contribution in [-0.2, 0) is 4.79 Å². The molecule has 1 atom stereocenters. The van der Waals surface area contributed by atoms with Crippen LogP contribution in [0.25, 0.3) is 0 Å². The molecule has 2 N–H and O–H groups in total. The van der Waals surface area contributed by atoms with Gasteiger partial charge < -0.3 is 15.4 Å². The highest BCUT2D eigenvalue weighted by Gasteiger charge is 2.33. The fourth-order valence-corrected chi connectivity index (χ4v) is 2.88. The molecular weight excluding hydrogens is 353 g/mol. The molecular formula is C19H20FN3O4. The van der Waals surface area contributed by atoms with E-state index in [4.69, 9.17) is 4.74 Å². The smallest absolute Gasteiger partial charge is 0.306 e. The van der Waals surface area contributed by atoms with Crippen LogP contribution in [0.3, 0.4) is 0 Å². The zero-order valence-electron chi connectivity index (χ0n) is 14.8. The lowest BCUT2D eigenvalue weighted by Gasteiger charge is -2.19. The van der Waals surface area contributed by atoms with Crippen LogP contribution in [0, 0.1) is 21.8 Å². The number of anilines is 1.